The highest BCUT2D eigenvalue weighted by atomic mass is 32.2. The third-order valence-electron chi connectivity index (χ3n) is 2.53. The lowest BCUT2D eigenvalue weighted by molar-refractivity contribution is 0.485. The van der Waals surface area contributed by atoms with Gasteiger partial charge in [0, 0.05) is 12.7 Å². The Balaban J connectivity index is 1.79. The molecule has 1 aromatic heterocycles. The van der Waals surface area contributed by atoms with Gasteiger partial charge in [0.1, 0.15) is 0 Å². The van der Waals surface area contributed by atoms with Crippen molar-refractivity contribution in [2.75, 3.05) is 5.75 Å². The summed E-state index contributed by atoms with van der Waals surface area (Å²) in [6, 6.07) is 10.5. The minimum atomic E-state index is 0.546. The fourth-order valence-electron chi connectivity index (χ4n) is 1.60. The van der Waals surface area contributed by atoms with Crippen molar-refractivity contribution in [2.24, 2.45) is 0 Å². The number of aromatic nitrogens is 2. The molecule has 0 saturated heterocycles. The van der Waals surface area contributed by atoms with E-state index >= 15 is 0 Å². The van der Waals surface area contributed by atoms with Crippen LogP contribution in [0.15, 0.2) is 34.7 Å². The minimum Gasteiger partial charge on any atom is -0.425 e. The zero-order valence-corrected chi connectivity index (χ0v) is 10.9. The number of rotatable bonds is 5. The molecule has 17 heavy (non-hydrogen) atoms. The van der Waals surface area contributed by atoms with Gasteiger partial charge in [-0.1, -0.05) is 37.3 Å². The van der Waals surface area contributed by atoms with Crippen LogP contribution < -0.4 is 0 Å². The summed E-state index contributed by atoms with van der Waals surface area (Å²) in [5.74, 6) is 3.75. The number of aryl methyl sites for hydroxylation is 1. The molecular formula is C13H16N2OS. The van der Waals surface area contributed by atoms with Crippen LogP contribution in [0.25, 0.3) is 0 Å². The van der Waals surface area contributed by atoms with Crippen LogP contribution in [-0.2, 0) is 5.75 Å². The van der Waals surface area contributed by atoms with E-state index in [1.807, 2.05) is 24.8 Å². The number of benzene rings is 1. The zero-order valence-electron chi connectivity index (χ0n) is 10.1. The van der Waals surface area contributed by atoms with Crippen LogP contribution in [0.5, 0.6) is 0 Å². The lowest BCUT2D eigenvalue weighted by Gasteiger charge is -2.10. The molecule has 3 nitrogen and oxygen atoms in total. The molecule has 4 heteroatoms. The first-order chi connectivity index (χ1) is 8.25. The van der Waals surface area contributed by atoms with Gasteiger partial charge in [0.25, 0.3) is 0 Å². The van der Waals surface area contributed by atoms with Crippen molar-refractivity contribution >= 4 is 11.8 Å². The van der Waals surface area contributed by atoms with Gasteiger partial charge in [-0.25, -0.2) is 0 Å². The smallest absolute Gasteiger partial charge is 0.226 e. The van der Waals surface area contributed by atoms with Gasteiger partial charge in [0.05, 0.1) is 5.75 Å². The zero-order chi connectivity index (χ0) is 12.1. The molecule has 2 rings (SSSR count). The third kappa shape index (κ3) is 3.60. The molecule has 0 fully saturated rings. The second kappa shape index (κ2) is 5.87. The molecule has 0 aliphatic heterocycles. The van der Waals surface area contributed by atoms with Gasteiger partial charge in [0.15, 0.2) is 0 Å². The Kier molecular flexibility index (Phi) is 4.20. The van der Waals surface area contributed by atoms with E-state index in [4.69, 9.17) is 4.42 Å². The average molecular weight is 248 g/mol. The summed E-state index contributed by atoms with van der Waals surface area (Å²) < 4.78 is 5.33. The lowest BCUT2D eigenvalue weighted by atomic mass is 10.0. The molecule has 1 heterocycles. The number of hydrogen-bond acceptors (Lipinski definition) is 4. The van der Waals surface area contributed by atoms with Crippen LogP contribution in [-0.4, -0.2) is 16.0 Å². The molecule has 0 radical (unpaired) electrons. The Bertz CT molecular complexity index is 455. The molecule has 0 bridgehead atoms. The molecule has 0 aliphatic carbocycles. The molecule has 2 aromatic rings. The highest BCUT2D eigenvalue weighted by molar-refractivity contribution is 7.98. The Morgan fingerprint density at radius 3 is 2.65 bits per heavy atom. The highest BCUT2D eigenvalue weighted by Gasteiger charge is 2.07. The second-order valence-electron chi connectivity index (χ2n) is 4.04. The van der Waals surface area contributed by atoms with Gasteiger partial charge < -0.3 is 4.42 Å². The van der Waals surface area contributed by atoms with E-state index in [9.17, 15) is 0 Å². The maximum atomic E-state index is 5.33. The van der Waals surface area contributed by atoms with Crippen LogP contribution in [0.3, 0.4) is 0 Å². The highest BCUT2D eigenvalue weighted by Crippen LogP contribution is 2.22. The summed E-state index contributed by atoms with van der Waals surface area (Å²) in [6.45, 7) is 4.05. The van der Waals surface area contributed by atoms with E-state index in [0.717, 1.165) is 11.5 Å². The van der Waals surface area contributed by atoms with Crippen molar-refractivity contribution in [3.63, 3.8) is 0 Å². The Morgan fingerprint density at radius 1 is 1.24 bits per heavy atom. The molecule has 90 valence electrons. The Hall–Kier alpha value is -1.29. The summed E-state index contributed by atoms with van der Waals surface area (Å²) in [7, 11) is 0. The van der Waals surface area contributed by atoms with Crippen LogP contribution in [0, 0.1) is 6.92 Å². The van der Waals surface area contributed by atoms with E-state index in [1.165, 1.54) is 5.56 Å². The van der Waals surface area contributed by atoms with Crippen LogP contribution >= 0.6 is 11.8 Å². The van der Waals surface area contributed by atoms with Gasteiger partial charge in [0.2, 0.25) is 11.8 Å². The van der Waals surface area contributed by atoms with E-state index in [-0.39, 0.29) is 0 Å². The van der Waals surface area contributed by atoms with E-state index in [1.54, 1.807) is 0 Å². The molecule has 0 spiro atoms. The van der Waals surface area contributed by atoms with E-state index < -0.39 is 0 Å². The van der Waals surface area contributed by atoms with Crippen LogP contribution in [0.4, 0.5) is 0 Å². The predicted molar refractivity (Wildman–Crippen MR) is 70.1 cm³/mol. The van der Waals surface area contributed by atoms with E-state index in [0.29, 0.717) is 17.7 Å². The first kappa shape index (κ1) is 12.2. The van der Waals surface area contributed by atoms with Gasteiger partial charge in [-0.15, -0.1) is 10.2 Å². The monoisotopic (exact) mass is 248 g/mol. The molecule has 0 aliphatic rings. The Morgan fingerprint density at radius 2 is 2.00 bits per heavy atom. The molecule has 1 aromatic carbocycles. The standard InChI is InChI=1S/C13H16N2OS/c1-10(12-6-4-3-5-7-12)8-17-9-13-15-14-11(2)16-13/h3-7,10H,8-9H2,1-2H3/t10-/m0/s1. The summed E-state index contributed by atoms with van der Waals surface area (Å²) in [5.41, 5.74) is 1.38. The van der Waals surface area contributed by atoms with Gasteiger partial charge >= 0.3 is 0 Å². The minimum absolute atomic E-state index is 0.546. The third-order valence-corrected chi connectivity index (χ3v) is 3.72. The maximum Gasteiger partial charge on any atom is 0.226 e. The summed E-state index contributed by atoms with van der Waals surface area (Å²) in [6.07, 6.45) is 0. The number of hydrogen-bond donors (Lipinski definition) is 0. The average Bonchev–Trinajstić information content (AvgIpc) is 2.76. The van der Waals surface area contributed by atoms with Crippen molar-refractivity contribution in [1.82, 2.24) is 10.2 Å². The molecule has 0 amide bonds. The maximum absolute atomic E-state index is 5.33. The molecular weight excluding hydrogens is 232 g/mol. The summed E-state index contributed by atoms with van der Waals surface area (Å²) in [4.78, 5) is 0. The van der Waals surface area contributed by atoms with Crippen molar-refractivity contribution in [3.05, 3.63) is 47.7 Å². The fourth-order valence-corrected chi connectivity index (χ4v) is 2.55. The first-order valence-electron chi connectivity index (χ1n) is 5.67. The quantitative estimate of drug-likeness (QED) is 0.812. The molecule has 1 atom stereocenters. The van der Waals surface area contributed by atoms with Crippen molar-refractivity contribution in [2.45, 2.75) is 25.5 Å². The Labute approximate surface area is 106 Å². The van der Waals surface area contributed by atoms with Crippen molar-refractivity contribution in [1.29, 1.82) is 0 Å². The normalized spacial score (nSPS) is 12.6. The number of nitrogens with zero attached hydrogens (tertiary/aromatic N) is 2. The summed E-state index contributed by atoms with van der Waals surface area (Å²) >= 11 is 1.83. The number of thioether (sulfide) groups is 1. The molecule has 0 N–H and O–H groups in total. The van der Waals surface area contributed by atoms with Gasteiger partial charge in [-0.05, 0) is 11.5 Å². The molecule has 0 saturated carbocycles. The SMILES string of the molecule is Cc1nnc(CSC[C@H](C)c2ccccc2)o1. The molecule has 0 unspecified atom stereocenters. The summed E-state index contributed by atoms with van der Waals surface area (Å²) in [5, 5.41) is 7.79. The topological polar surface area (TPSA) is 38.9 Å². The van der Waals surface area contributed by atoms with Crippen LogP contribution in [0.1, 0.15) is 30.2 Å². The van der Waals surface area contributed by atoms with Crippen molar-refractivity contribution < 1.29 is 4.42 Å². The lowest BCUT2D eigenvalue weighted by Crippen LogP contribution is -1.97. The van der Waals surface area contributed by atoms with Crippen LogP contribution in [0.2, 0.25) is 0 Å². The predicted octanol–water partition coefficient (Wildman–Crippen LogP) is 3.41. The van der Waals surface area contributed by atoms with Crippen molar-refractivity contribution in [3.8, 4) is 0 Å². The fraction of sp³-hybridized carbons (Fsp3) is 0.385. The second-order valence-corrected chi connectivity index (χ2v) is 5.07. The largest absolute Gasteiger partial charge is 0.425 e. The van der Waals surface area contributed by atoms with Gasteiger partial charge in [-0.3, -0.25) is 0 Å². The van der Waals surface area contributed by atoms with Gasteiger partial charge in [-0.2, -0.15) is 11.8 Å². The first-order valence-corrected chi connectivity index (χ1v) is 6.83. The van der Waals surface area contributed by atoms with E-state index in [2.05, 4.69) is 41.4 Å².